The summed E-state index contributed by atoms with van der Waals surface area (Å²) in [6.45, 7) is 3.19. The molecular formula is C13H21N3S. The Balaban J connectivity index is 1.63. The van der Waals surface area contributed by atoms with Crippen molar-refractivity contribution in [2.75, 3.05) is 7.05 Å². The van der Waals surface area contributed by atoms with Gasteiger partial charge in [0.25, 0.3) is 0 Å². The fraction of sp³-hybridized carbons (Fsp3) is 0.769. The Bertz CT molecular complexity index is 378. The van der Waals surface area contributed by atoms with Gasteiger partial charge in [-0.15, -0.1) is 11.3 Å². The van der Waals surface area contributed by atoms with Crippen molar-refractivity contribution in [1.29, 1.82) is 0 Å². The first-order chi connectivity index (χ1) is 8.22. The van der Waals surface area contributed by atoms with Gasteiger partial charge < -0.3 is 5.32 Å². The largest absolute Gasteiger partial charge is 0.311 e. The molecule has 3 rings (SSSR count). The van der Waals surface area contributed by atoms with E-state index in [4.69, 9.17) is 0 Å². The number of fused-ring (bicyclic) bond motifs is 2. The van der Waals surface area contributed by atoms with Crippen molar-refractivity contribution in [3.8, 4) is 0 Å². The summed E-state index contributed by atoms with van der Waals surface area (Å²) in [5.74, 6) is 0. The summed E-state index contributed by atoms with van der Waals surface area (Å²) in [5.41, 5.74) is 3.17. The van der Waals surface area contributed by atoms with Gasteiger partial charge in [-0.2, -0.15) is 0 Å². The number of hydrogen-bond acceptors (Lipinski definition) is 4. The highest BCUT2D eigenvalue weighted by molar-refractivity contribution is 7.09. The number of nitrogens with one attached hydrogen (secondary N) is 1. The average Bonchev–Trinajstić information content (AvgIpc) is 2.86. The van der Waals surface area contributed by atoms with Crippen molar-refractivity contribution in [3.63, 3.8) is 0 Å². The standard InChI is InChI=1S/C13H21N3S/c1-9-13(17-8-14-9)7-16(2)12-5-10-3-4-11(6-12)15-10/h8,10-12,15H,3-7H2,1-2H3. The van der Waals surface area contributed by atoms with Crippen molar-refractivity contribution >= 4 is 11.3 Å². The molecule has 0 radical (unpaired) electrons. The van der Waals surface area contributed by atoms with Gasteiger partial charge in [0, 0.05) is 29.5 Å². The fourth-order valence-electron chi connectivity index (χ4n) is 3.22. The fourth-order valence-corrected chi connectivity index (χ4v) is 4.06. The third-order valence-electron chi connectivity index (χ3n) is 4.31. The first-order valence-corrected chi connectivity index (χ1v) is 7.45. The van der Waals surface area contributed by atoms with Gasteiger partial charge in [-0.25, -0.2) is 4.98 Å². The molecule has 17 heavy (non-hydrogen) atoms. The molecule has 1 aromatic rings. The lowest BCUT2D eigenvalue weighted by molar-refractivity contribution is 0.167. The van der Waals surface area contributed by atoms with Crippen LogP contribution in [0, 0.1) is 6.92 Å². The normalized spacial score (nSPS) is 32.3. The molecule has 0 aliphatic carbocycles. The van der Waals surface area contributed by atoms with E-state index in [0.717, 1.165) is 24.7 Å². The van der Waals surface area contributed by atoms with Crippen LogP contribution in [0.25, 0.3) is 0 Å². The van der Waals surface area contributed by atoms with E-state index in [9.17, 15) is 0 Å². The highest BCUT2D eigenvalue weighted by atomic mass is 32.1. The Morgan fingerprint density at radius 2 is 2.12 bits per heavy atom. The zero-order chi connectivity index (χ0) is 11.8. The number of aryl methyl sites for hydroxylation is 1. The van der Waals surface area contributed by atoms with Gasteiger partial charge in [0.15, 0.2) is 0 Å². The van der Waals surface area contributed by atoms with Crippen LogP contribution >= 0.6 is 11.3 Å². The zero-order valence-electron chi connectivity index (χ0n) is 10.6. The molecule has 4 heteroatoms. The van der Waals surface area contributed by atoms with Gasteiger partial charge in [-0.3, -0.25) is 4.90 Å². The molecule has 2 aliphatic rings. The number of thiazole rings is 1. The molecule has 0 amide bonds. The van der Waals surface area contributed by atoms with Crippen LogP contribution in [0.4, 0.5) is 0 Å². The first kappa shape index (κ1) is 11.6. The third-order valence-corrected chi connectivity index (χ3v) is 5.23. The second-order valence-corrected chi connectivity index (χ2v) is 6.48. The van der Waals surface area contributed by atoms with Gasteiger partial charge in [0.2, 0.25) is 0 Å². The van der Waals surface area contributed by atoms with Crippen LogP contribution in [0.15, 0.2) is 5.51 Å². The van der Waals surface area contributed by atoms with Crippen LogP contribution in [0.3, 0.4) is 0 Å². The minimum atomic E-state index is 0.759. The Morgan fingerprint density at radius 3 is 2.71 bits per heavy atom. The quantitative estimate of drug-likeness (QED) is 0.892. The maximum atomic E-state index is 4.34. The Labute approximate surface area is 107 Å². The van der Waals surface area contributed by atoms with E-state index < -0.39 is 0 Å². The summed E-state index contributed by atoms with van der Waals surface area (Å²) in [7, 11) is 2.27. The predicted molar refractivity (Wildman–Crippen MR) is 71.3 cm³/mol. The number of nitrogens with zero attached hydrogens (tertiary/aromatic N) is 2. The SMILES string of the molecule is Cc1ncsc1CN(C)C1CC2CCC(C1)N2. The number of aromatic nitrogens is 1. The van der Waals surface area contributed by atoms with Crippen molar-refractivity contribution in [3.05, 3.63) is 16.1 Å². The lowest BCUT2D eigenvalue weighted by Gasteiger charge is -2.35. The van der Waals surface area contributed by atoms with Crippen molar-refractivity contribution in [2.24, 2.45) is 0 Å². The summed E-state index contributed by atoms with van der Waals surface area (Å²) < 4.78 is 0. The second-order valence-electron chi connectivity index (χ2n) is 5.54. The molecule has 2 saturated heterocycles. The minimum absolute atomic E-state index is 0.759. The monoisotopic (exact) mass is 251 g/mol. The van der Waals surface area contributed by atoms with E-state index in [0.29, 0.717) is 0 Å². The van der Waals surface area contributed by atoms with Crippen LogP contribution < -0.4 is 5.32 Å². The first-order valence-electron chi connectivity index (χ1n) is 6.57. The van der Waals surface area contributed by atoms with Gasteiger partial charge in [0.05, 0.1) is 11.2 Å². The average molecular weight is 251 g/mol. The Kier molecular flexibility index (Phi) is 3.19. The summed E-state index contributed by atoms with van der Waals surface area (Å²) in [4.78, 5) is 8.30. The number of rotatable bonds is 3. The van der Waals surface area contributed by atoms with Gasteiger partial charge in [-0.1, -0.05) is 0 Å². The molecule has 2 bridgehead atoms. The summed E-state index contributed by atoms with van der Waals surface area (Å²) >= 11 is 1.79. The molecule has 2 unspecified atom stereocenters. The lowest BCUT2D eigenvalue weighted by atomic mass is 9.98. The maximum Gasteiger partial charge on any atom is 0.0798 e. The smallest absolute Gasteiger partial charge is 0.0798 e. The molecule has 2 aliphatic heterocycles. The van der Waals surface area contributed by atoms with Crippen LogP contribution in [-0.2, 0) is 6.54 Å². The Hall–Kier alpha value is -0.450. The summed E-state index contributed by atoms with van der Waals surface area (Å²) in [6, 6.07) is 2.32. The van der Waals surface area contributed by atoms with Crippen molar-refractivity contribution < 1.29 is 0 Å². The van der Waals surface area contributed by atoms with E-state index >= 15 is 0 Å². The zero-order valence-corrected chi connectivity index (χ0v) is 11.5. The van der Waals surface area contributed by atoms with Crippen LogP contribution in [-0.4, -0.2) is 35.1 Å². The molecule has 0 saturated carbocycles. The van der Waals surface area contributed by atoms with E-state index in [2.05, 4.69) is 29.2 Å². The molecule has 3 heterocycles. The lowest BCUT2D eigenvalue weighted by Crippen LogP contribution is -2.46. The van der Waals surface area contributed by atoms with Gasteiger partial charge in [0.1, 0.15) is 0 Å². The second kappa shape index (κ2) is 4.67. The third kappa shape index (κ3) is 2.39. The van der Waals surface area contributed by atoms with Crippen molar-refractivity contribution in [1.82, 2.24) is 15.2 Å². The number of piperidine rings is 1. The van der Waals surface area contributed by atoms with Gasteiger partial charge >= 0.3 is 0 Å². The highest BCUT2D eigenvalue weighted by Gasteiger charge is 2.35. The summed E-state index contributed by atoms with van der Waals surface area (Å²) in [5, 5.41) is 3.71. The van der Waals surface area contributed by atoms with E-state index in [-0.39, 0.29) is 0 Å². The Morgan fingerprint density at radius 1 is 1.41 bits per heavy atom. The van der Waals surface area contributed by atoms with Gasteiger partial charge in [-0.05, 0) is 39.7 Å². The molecular weight excluding hydrogens is 230 g/mol. The number of hydrogen-bond donors (Lipinski definition) is 1. The molecule has 0 spiro atoms. The molecule has 94 valence electrons. The topological polar surface area (TPSA) is 28.2 Å². The molecule has 3 nitrogen and oxygen atoms in total. The van der Waals surface area contributed by atoms with Crippen LogP contribution in [0.2, 0.25) is 0 Å². The van der Waals surface area contributed by atoms with Crippen molar-refractivity contribution in [2.45, 2.75) is 57.3 Å². The maximum absolute atomic E-state index is 4.34. The van der Waals surface area contributed by atoms with Crippen LogP contribution in [0.1, 0.15) is 36.3 Å². The molecule has 0 aromatic carbocycles. The van der Waals surface area contributed by atoms with E-state index in [1.807, 2.05) is 5.51 Å². The molecule has 2 atom stereocenters. The van der Waals surface area contributed by atoms with E-state index in [1.54, 1.807) is 11.3 Å². The molecule has 1 N–H and O–H groups in total. The predicted octanol–water partition coefficient (Wildman–Crippen LogP) is 2.17. The summed E-state index contributed by atoms with van der Waals surface area (Å²) in [6.07, 6.45) is 5.42. The van der Waals surface area contributed by atoms with E-state index in [1.165, 1.54) is 36.3 Å². The molecule has 2 fully saturated rings. The minimum Gasteiger partial charge on any atom is -0.311 e. The van der Waals surface area contributed by atoms with Crippen LogP contribution in [0.5, 0.6) is 0 Å². The highest BCUT2D eigenvalue weighted by Crippen LogP contribution is 2.30. The molecule has 1 aromatic heterocycles.